The monoisotopic (exact) mass is 418 g/mol. The van der Waals surface area contributed by atoms with E-state index in [0.29, 0.717) is 31.0 Å². The molecule has 0 unspecified atom stereocenters. The topological polar surface area (TPSA) is 102 Å². The molecule has 2 aromatic carbocycles. The van der Waals surface area contributed by atoms with Crippen molar-refractivity contribution in [1.29, 1.82) is 0 Å². The van der Waals surface area contributed by atoms with Crippen LogP contribution >= 0.6 is 0 Å². The first kappa shape index (κ1) is 20.7. The summed E-state index contributed by atoms with van der Waals surface area (Å²) in [5.41, 5.74) is 1.60. The molecule has 1 amide bonds. The van der Waals surface area contributed by atoms with Gasteiger partial charge in [-0.15, -0.1) is 0 Å². The van der Waals surface area contributed by atoms with Gasteiger partial charge in [0.05, 0.1) is 24.1 Å². The van der Waals surface area contributed by atoms with Crippen LogP contribution in [0.25, 0.3) is 0 Å². The van der Waals surface area contributed by atoms with E-state index in [0.717, 1.165) is 11.8 Å². The first-order chi connectivity index (χ1) is 13.8. The number of nitrogens with zero attached hydrogens (tertiary/aromatic N) is 1. The normalized spacial score (nSPS) is 12.9. The van der Waals surface area contributed by atoms with Gasteiger partial charge in [0.25, 0.3) is 5.91 Å². The number of amides is 1. The van der Waals surface area contributed by atoms with E-state index < -0.39 is 28.5 Å². The van der Waals surface area contributed by atoms with Crippen LogP contribution in [0.4, 0.5) is 5.69 Å². The molecule has 29 heavy (non-hydrogen) atoms. The molecule has 0 atom stereocenters. The molecule has 3 rings (SSSR count). The van der Waals surface area contributed by atoms with E-state index in [-0.39, 0.29) is 12.1 Å². The first-order valence-corrected chi connectivity index (χ1v) is 10.9. The lowest BCUT2D eigenvalue weighted by Gasteiger charge is -2.16. The van der Waals surface area contributed by atoms with Gasteiger partial charge in [-0.25, -0.2) is 13.2 Å². The maximum absolute atomic E-state index is 12.2. The van der Waals surface area contributed by atoms with Crippen LogP contribution in [0.1, 0.15) is 15.9 Å². The van der Waals surface area contributed by atoms with Gasteiger partial charge in [0, 0.05) is 6.54 Å². The Bertz CT molecular complexity index is 991. The Kier molecular flexibility index (Phi) is 6.38. The summed E-state index contributed by atoms with van der Waals surface area (Å²) in [6.07, 6.45) is 1.67. The molecule has 0 spiro atoms. The summed E-state index contributed by atoms with van der Waals surface area (Å²) in [5.74, 6) is -0.361. The smallest absolute Gasteiger partial charge is 0.338 e. The van der Waals surface area contributed by atoms with Gasteiger partial charge in [-0.1, -0.05) is 18.2 Å². The van der Waals surface area contributed by atoms with Crippen LogP contribution in [0.3, 0.4) is 0 Å². The fourth-order valence-corrected chi connectivity index (χ4v) is 3.94. The maximum atomic E-state index is 12.2. The van der Waals surface area contributed by atoms with Crippen LogP contribution in [0.15, 0.2) is 48.5 Å². The Balaban J connectivity index is 1.44. The standard InChI is InChI=1S/C20H22N2O6S/c1-29(25,26)22-11-9-15-13-16(7-8-18(15)22)20(24)28-14-19(23)21-10-12-27-17-5-3-2-4-6-17/h2-8,13H,9-12,14H2,1H3,(H,21,23). The molecule has 1 aliphatic rings. The number of para-hydroxylation sites is 1. The predicted molar refractivity (Wildman–Crippen MR) is 108 cm³/mol. The second kappa shape index (κ2) is 8.95. The molecule has 8 nitrogen and oxygen atoms in total. The molecule has 0 aliphatic carbocycles. The Hall–Kier alpha value is -3.07. The highest BCUT2D eigenvalue weighted by Gasteiger charge is 2.27. The molecule has 1 N–H and O–H groups in total. The summed E-state index contributed by atoms with van der Waals surface area (Å²) in [4.78, 5) is 24.0. The van der Waals surface area contributed by atoms with Crippen molar-refractivity contribution >= 4 is 27.6 Å². The second-order valence-corrected chi connectivity index (χ2v) is 8.42. The van der Waals surface area contributed by atoms with Crippen LogP contribution < -0.4 is 14.4 Å². The summed E-state index contributed by atoms with van der Waals surface area (Å²) in [5, 5.41) is 2.61. The number of rotatable bonds is 8. The third kappa shape index (κ3) is 5.47. The summed E-state index contributed by atoms with van der Waals surface area (Å²) >= 11 is 0. The number of hydrogen-bond donors (Lipinski definition) is 1. The Morgan fingerprint density at radius 2 is 1.90 bits per heavy atom. The fraction of sp³-hybridized carbons (Fsp3) is 0.300. The third-order valence-electron chi connectivity index (χ3n) is 4.34. The highest BCUT2D eigenvalue weighted by molar-refractivity contribution is 7.92. The maximum Gasteiger partial charge on any atom is 0.338 e. The van der Waals surface area contributed by atoms with Gasteiger partial charge in [-0.3, -0.25) is 9.10 Å². The minimum atomic E-state index is -3.35. The van der Waals surface area contributed by atoms with Crippen LogP contribution in [0, 0.1) is 0 Å². The van der Waals surface area contributed by atoms with E-state index in [1.54, 1.807) is 12.1 Å². The van der Waals surface area contributed by atoms with Crippen LogP contribution in [-0.4, -0.2) is 52.9 Å². The van der Waals surface area contributed by atoms with Crippen molar-refractivity contribution in [3.05, 3.63) is 59.7 Å². The molecule has 0 radical (unpaired) electrons. The van der Waals surface area contributed by atoms with Crippen LogP contribution in [0.5, 0.6) is 5.75 Å². The quantitative estimate of drug-likeness (QED) is 0.513. The van der Waals surface area contributed by atoms with Gasteiger partial charge >= 0.3 is 5.97 Å². The zero-order valence-corrected chi connectivity index (χ0v) is 16.8. The number of nitrogens with one attached hydrogen (secondary N) is 1. The van der Waals surface area contributed by atoms with Gasteiger partial charge in [-0.2, -0.15) is 0 Å². The lowest BCUT2D eigenvalue weighted by atomic mass is 10.1. The number of hydrogen-bond acceptors (Lipinski definition) is 6. The van der Waals surface area contributed by atoms with Gasteiger partial charge < -0.3 is 14.8 Å². The average molecular weight is 418 g/mol. The third-order valence-corrected chi connectivity index (χ3v) is 5.52. The lowest BCUT2D eigenvalue weighted by Crippen LogP contribution is -2.32. The highest BCUT2D eigenvalue weighted by atomic mass is 32.2. The average Bonchev–Trinajstić information content (AvgIpc) is 3.14. The minimum absolute atomic E-state index is 0.277. The number of benzene rings is 2. The molecule has 1 aliphatic heterocycles. The molecule has 0 fully saturated rings. The molecule has 0 saturated heterocycles. The summed E-state index contributed by atoms with van der Waals surface area (Å²) in [6.45, 7) is 0.521. The van der Waals surface area contributed by atoms with E-state index in [1.807, 2.05) is 30.3 Å². The van der Waals surface area contributed by atoms with Gasteiger partial charge in [0.1, 0.15) is 12.4 Å². The molecule has 2 aromatic rings. The Morgan fingerprint density at radius 1 is 1.14 bits per heavy atom. The van der Waals surface area contributed by atoms with Gasteiger partial charge in [0.2, 0.25) is 10.0 Å². The second-order valence-electron chi connectivity index (χ2n) is 6.52. The fourth-order valence-electron chi connectivity index (χ4n) is 2.98. The van der Waals surface area contributed by atoms with Gasteiger partial charge in [-0.05, 0) is 42.3 Å². The summed E-state index contributed by atoms with van der Waals surface area (Å²) < 4.78 is 35.3. The van der Waals surface area contributed by atoms with Crippen LogP contribution in [-0.2, 0) is 26.0 Å². The van der Waals surface area contributed by atoms with Crippen molar-refractivity contribution in [3.63, 3.8) is 0 Å². The molecule has 0 aromatic heterocycles. The lowest BCUT2D eigenvalue weighted by molar-refractivity contribution is -0.124. The molecular weight excluding hydrogens is 396 g/mol. The van der Waals surface area contributed by atoms with Crippen LogP contribution in [0.2, 0.25) is 0 Å². The number of esters is 1. The largest absolute Gasteiger partial charge is 0.492 e. The van der Waals surface area contributed by atoms with Crippen molar-refractivity contribution in [2.24, 2.45) is 0 Å². The molecular formula is C20H22N2O6S. The minimum Gasteiger partial charge on any atom is -0.492 e. The number of sulfonamides is 1. The predicted octanol–water partition coefficient (Wildman–Crippen LogP) is 1.36. The highest BCUT2D eigenvalue weighted by Crippen LogP contribution is 2.30. The van der Waals surface area contributed by atoms with E-state index in [2.05, 4.69) is 5.32 Å². The Labute approximate surface area is 169 Å². The first-order valence-electron chi connectivity index (χ1n) is 9.07. The zero-order chi connectivity index (χ0) is 20.9. The number of carbonyl (C=O) groups is 2. The van der Waals surface area contributed by atoms with Crippen molar-refractivity contribution in [2.45, 2.75) is 6.42 Å². The number of fused-ring (bicyclic) bond motifs is 1. The van der Waals surface area contributed by atoms with Crippen molar-refractivity contribution in [1.82, 2.24) is 5.32 Å². The van der Waals surface area contributed by atoms with E-state index >= 15 is 0 Å². The zero-order valence-electron chi connectivity index (χ0n) is 16.0. The molecule has 9 heteroatoms. The van der Waals surface area contributed by atoms with E-state index in [9.17, 15) is 18.0 Å². The summed E-state index contributed by atoms with van der Waals surface area (Å²) in [6, 6.07) is 13.9. The summed E-state index contributed by atoms with van der Waals surface area (Å²) in [7, 11) is -3.35. The number of ether oxygens (including phenoxy) is 2. The van der Waals surface area contributed by atoms with Crippen molar-refractivity contribution < 1.29 is 27.5 Å². The molecule has 0 saturated carbocycles. The Morgan fingerprint density at radius 3 is 2.62 bits per heavy atom. The van der Waals surface area contributed by atoms with Gasteiger partial charge in [0.15, 0.2) is 6.61 Å². The van der Waals surface area contributed by atoms with Crippen molar-refractivity contribution in [3.8, 4) is 5.75 Å². The van der Waals surface area contributed by atoms with Crippen molar-refractivity contribution in [2.75, 3.05) is 36.9 Å². The molecule has 1 heterocycles. The SMILES string of the molecule is CS(=O)(=O)N1CCc2cc(C(=O)OCC(=O)NCCOc3ccccc3)ccc21. The number of anilines is 1. The van der Waals surface area contributed by atoms with E-state index in [4.69, 9.17) is 9.47 Å². The number of carbonyl (C=O) groups excluding carboxylic acids is 2. The van der Waals surface area contributed by atoms with E-state index in [1.165, 1.54) is 10.4 Å². The molecule has 154 valence electrons. The molecule has 0 bridgehead atoms.